The van der Waals surface area contributed by atoms with Gasteiger partial charge in [0.2, 0.25) is 5.91 Å². The highest BCUT2D eigenvalue weighted by Crippen LogP contribution is 2.39. The number of hydrogen-bond donors (Lipinski definition) is 2. The van der Waals surface area contributed by atoms with E-state index in [1.54, 1.807) is 0 Å². The molecule has 1 aromatic rings. The molecule has 0 bridgehead atoms. The minimum Gasteiger partial charge on any atom is -0.361 e. The number of hydrogen-bond acceptors (Lipinski definition) is 4. The van der Waals surface area contributed by atoms with Crippen molar-refractivity contribution in [2.45, 2.75) is 50.9 Å². The van der Waals surface area contributed by atoms with E-state index in [0.717, 1.165) is 50.0 Å². The normalized spacial score (nSPS) is 26.9. The summed E-state index contributed by atoms with van der Waals surface area (Å²) in [7, 11) is 0. The minimum atomic E-state index is -0.0289. The number of nitrogens with two attached hydrogens (primary N) is 1. The fourth-order valence-electron chi connectivity index (χ4n) is 3.31. The zero-order chi connectivity index (χ0) is 12.5. The van der Waals surface area contributed by atoms with E-state index >= 15 is 0 Å². The van der Waals surface area contributed by atoms with Gasteiger partial charge in [0.25, 0.3) is 0 Å². The van der Waals surface area contributed by atoms with Gasteiger partial charge in [0.15, 0.2) is 0 Å². The van der Waals surface area contributed by atoms with Gasteiger partial charge in [0, 0.05) is 23.8 Å². The number of aryl methyl sites for hydroxylation is 1. The number of nitrogens with one attached hydrogen (secondary N) is 1. The number of carbonyl (C=O) groups is 1. The van der Waals surface area contributed by atoms with E-state index < -0.39 is 0 Å². The number of amides is 1. The summed E-state index contributed by atoms with van der Waals surface area (Å²) in [6.45, 7) is 0. The third kappa shape index (κ3) is 1.92. The molecule has 2 aliphatic carbocycles. The van der Waals surface area contributed by atoms with Crippen LogP contribution in [0.25, 0.3) is 0 Å². The topological polar surface area (TPSA) is 81.1 Å². The Balaban J connectivity index is 1.67. The van der Waals surface area contributed by atoms with Crippen molar-refractivity contribution in [2.75, 3.05) is 0 Å². The summed E-state index contributed by atoms with van der Waals surface area (Å²) >= 11 is 0. The van der Waals surface area contributed by atoms with Gasteiger partial charge in [-0.05, 0) is 38.5 Å². The average molecular weight is 249 g/mol. The summed E-state index contributed by atoms with van der Waals surface area (Å²) in [5.74, 6) is 6.78. The van der Waals surface area contributed by atoms with Gasteiger partial charge in [-0.3, -0.25) is 10.2 Å². The van der Waals surface area contributed by atoms with Gasteiger partial charge in [0.1, 0.15) is 5.76 Å². The molecule has 3 rings (SSSR count). The maximum Gasteiger partial charge on any atom is 0.236 e. The Hall–Kier alpha value is -1.36. The van der Waals surface area contributed by atoms with Crippen molar-refractivity contribution < 1.29 is 9.32 Å². The second-order valence-electron chi connectivity index (χ2n) is 5.38. The second-order valence-corrected chi connectivity index (χ2v) is 5.38. The molecular weight excluding hydrogens is 230 g/mol. The smallest absolute Gasteiger partial charge is 0.236 e. The van der Waals surface area contributed by atoms with Crippen LogP contribution in [-0.2, 0) is 17.6 Å². The zero-order valence-corrected chi connectivity index (χ0v) is 10.4. The van der Waals surface area contributed by atoms with Gasteiger partial charge in [-0.2, -0.15) is 0 Å². The van der Waals surface area contributed by atoms with Crippen molar-refractivity contribution in [1.82, 2.24) is 10.6 Å². The van der Waals surface area contributed by atoms with Gasteiger partial charge in [-0.15, -0.1) is 0 Å². The van der Waals surface area contributed by atoms with Crippen LogP contribution in [0.1, 0.15) is 55.0 Å². The van der Waals surface area contributed by atoms with Crippen molar-refractivity contribution in [3.05, 3.63) is 17.0 Å². The number of aromatic nitrogens is 1. The van der Waals surface area contributed by atoms with Crippen LogP contribution in [0.4, 0.5) is 0 Å². The van der Waals surface area contributed by atoms with Crippen molar-refractivity contribution in [2.24, 2.45) is 11.8 Å². The summed E-state index contributed by atoms with van der Waals surface area (Å²) in [5, 5.41) is 4.25. The highest BCUT2D eigenvalue weighted by Gasteiger charge is 2.31. The SMILES string of the molecule is NNC(=O)C1CCC(c2noc3c2CCC3)CC1. The van der Waals surface area contributed by atoms with Gasteiger partial charge in [-0.1, -0.05) is 5.16 Å². The predicted octanol–water partition coefficient (Wildman–Crippen LogP) is 1.43. The van der Waals surface area contributed by atoms with Gasteiger partial charge in [-0.25, -0.2) is 5.84 Å². The molecule has 0 saturated heterocycles. The van der Waals surface area contributed by atoms with E-state index in [1.807, 2.05) is 0 Å². The number of fused-ring (bicyclic) bond motifs is 1. The van der Waals surface area contributed by atoms with E-state index in [4.69, 9.17) is 10.4 Å². The molecule has 1 heterocycles. The molecule has 0 radical (unpaired) electrons. The van der Waals surface area contributed by atoms with Gasteiger partial charge in [0.05, 0.1) is 5.69 Å². The van der Waals surface area contributed by atoms with E-state index in [9.17, 15) is 4.79 Å². The van der Waals surface area contributed by atoms with Crippen molar-refractivity contribution in [1.29, 1.82) is 0 Å². The summed E-state index contributed by atoms with van der Waals surface area (Å²) < 4.78 is 5.41. The lowest BCUT2D eigenvalue weighted by Crippen LogP contribution is -2.37. The second kappa shape index (κ2) is 4.72. The molecule has 1 fully saturated rings. The van der Waals surface area contributed by atoms with Crippen molar-refractivity contribution in [3.8, 4) is 0 Å². The van der Waals surface area contributed by atoms with Gasteiger partial charge < -0.3 is 4.52 Å². The number of rotatable bonds is 2. The summed E-state index contributed by atoms with van der Waals surface area (Å²) in [5.41, 5.74) is 4.76. The van der Waals surface area contributed by atoms with Crippen LogP contribution in [0.15, 0.2) is 4.52 Å². The molecule has 5 nitrogen and oxygen atoms in total. The maximum absolute atomic E-state index is 11.5. The Morgan fingerprint density at radius 2 is 2.06 bits per heavy atom. The summed E-state index contributed by atoms with van der Waals surface area (Å²) in [6.07, 6.45) is 7.15. The molecule has 0 unspecified atom stereocenters. The monoisotopic (exact) mass is 249 g/mol. The quantitative estimate of drug-likeness (QED) is 0.472. The largest absolute Gasteiger partial charge is 0.361 e. The fraction of sp³-hybridized carbons (Fsp3) is 0.692. The third-order valence-corrected chi connectivity index (χ3v) is 4.36. The first kappa shape index (κ1) is 11.7. The van der Waals surface area contributed by atoms with Crippen LogP contribution in [0.3, 0.4) is 0 Å². The number of hydrazine groups is 1. The van der Waals surface area contributed by atoms with Crippen LogP contribution in [0.5, 0.6) is 0 Å². The minimum absolute atomic E-state index is 0.0289. The van der Waals surface area contributed by atoms with Crippen LogP contribution in [0.2, 0.25) is 0 Å². The van der Waals surface area contributed by atoms with Crippen molar-refractivity contribution >= 4 is 5.91 Å². The highest BCUT2D eigenvalue weighted by molar-refractivity contribution is 5.78. The first-order valence-corrected chi connectivity index (χ1v) is 6.77. The maximum atomic E-state index is 11.5. The first-order chi connectivity index (χ1) is 8.79. The molecule has 2 aliphatic rings. The van der Waals surface area contributed by atoms with Gasteiger partial charge >= 0.3 is 0 Å². The summed E-state index contributed by atoms with van der Waals surface area (Å²) in [6, 6.07) is 0. The molecule has 0 atom stereocenters. The third-order valence-electron chi connectivity index (χ3n) is 4.36. The molecule has 1 aromatic heterocycles. The highest BCUT2D eigenvalue weighted by atomic mass is 16.5. The lowest BCUT2D eigenvalue weighted by molar-refractivity contribution is -0.126. The lowest BCUT2D eigenvalue weighted by Gasteiger charge is -2.26. The Morgan fingerprint density at radius 1 is 1.28 bits per heavy atom. The summed E-state index contributed by atoms with van der Waals surface area (Å²) in [4.78, 5) is 11.5. The molecule has 1 amide bonds. The Labute approximate surface area is 106 Å². The zero-order valence-electron chi connectivity index (χ0n) is 10.4. The fourth-order valence-corrected chi connectivity index (χ4v) is 3.31. The molecule has 5 heteroatoms. The Morgan fingerprint density at radius 3 is 2.78 bits per heavy atom. The Bertz CT molecular complexity index is 447. The molecular formula is C13H19N3O2. The van der Waals surface area contributed by atoms with E-state index in [0.29, 0.717) is 5.92 Å². The molecule has 0 spiro atoms. The van der Waals surface area contributed by atoms with Crippen LogP contribution < -0.4 is 11.3 Å². The molecule has 98 valence electrons. The molecule has 0 aromatic carbocycles. The Kier molecular flexibility index (Phi) is 3.07. The first-order valence-electron chi connectivity index (χ1n) is 6.77. The molecule has 18 heavy (non-hydrogen) atoms. The van der Waals surface area contributed by atoms with E-state index in [1.165, 1.54) is 12.0 Å². The predicted molar refractivity (Wildman–Crippen MR) is 65.6 cm³/mol. The standard InChI is InChI=1S/C13H19N3O2/c14-15-13(17)9-6-4-8(5-7-9)12-10-2-1-3-11(10)18-16-12/h8-9H,1-7,14H2,(H,15,17). The van der Waals surface area contributed by atoms with Crippen LogP contribution in [-0.4, -0.2) is 11.1 Å². The molecule has 3 N–H and O–H groups in total. The average Bonchev–Trinajstić information content (AvgIpc) is 3.00. The van der Waals surface area contributed by atoms with Crippen molar-refractivity contribution in [3.63, 3.8) is 0 Å². The molecule has 0 aliphatic heterocycles. The lowest BCUT2D eigenvalue weighted by atomic mass is 9.79. The van der Waals surface area contributed by atoms with Crippen LogP contribution in [0, 0.1) is 5.92 Å². The number of nitrogens with zero attached hydrogens (tertiary/aromatic N) is 1. The number of carbonyl (C=O) groups excluding carboxylic acids is 1. The van der Waals surface area contributed by atoms with E-state index in [2.05, 4.69) is 10.6 Å². The van der Waals surface area contributed by atoms with Crippen LogP contribution >= 0.6 is 0 Å². The van der Waals surface area contributed by atoms with E-state index in [-0.39, 0.29) is 11.8 Å². The molecule has 1 saturated carbocycles.